The monoisotopic (exact) mass is 453 g/mol. The third kappa shape index (κ3) is 26.2. The minimum Gasteiger partial charge on any atom is -0.330 e. The van der Waals surface area contributed by atoms with Gasteiger partial charge in [-0.2, -0.15) is 0 Å². The molecule has 0 spiro atoms. The fourth-order valence-corrected chi connectivity index (χ4v) is 4.86. The van der Waals surface area contributed by atoms with Crippen LogP contribution in [0.4, 0.5) is 0 Å². The SMILES string of the molecule is CCCCCCCCCCCCNC(CCCCCN)CCCCCCCCCCCC. The Morgan fingerprint density at radius 1 is 0.438 bits per heavy atom. The molecule has 1 atom stereocenters. The van der Waals surface area contributed by atoms with Crippen molar-refractivity contribution in [1.82, 2.24) is 5.32 Å². The predicted molar refractivity (Wildman–Crippen MR) is 148 cm³/mol. The zero-order valence-corrected chi connectivity index (χ0v) is 22.7. The molecule has 2 nitrogen and oxygen atoms in total. The number of nitrogens with two attached hydrogens (primary N) is 1. The molecule has 0 bridgehead atoms. The molecule has 0 rings (SSSR count). The maximum Gasteiger partial charge on any atom is 0.00670 e. The van der Waals surface area contributed by atoms with E-state index in [1.165, 1.54) is 167 Å². The molecule has 194 valence electrons. The molecule has 0 radical (unpaired) electrons. The first-order valence-corrected chi connectivity index (χ1v) is 15.3. The second-order valence-electron chi connectivity index (χ2n) is 10.4. The lowest BCUT2D eigenvalue weighted by Crippen LogP contribution is -2.30. The van der Waals surface area contributed by atoms with Crippen molar-refractivity contribution in [2.75, 3.05) is 13.1 Å². The third-order valence-electron chi connectivity index (χ3n) is 7.13. The second kappa shape index (κ2) is 29.0. The van der Waals surface area contributed by atoms with Crippen molar-refractivity contribution in [1.29, 1.82) is 0 Å². The van der Waals surface area contributed by atoms with Gasteiger partial charge < -0.3 is 11.1 Å². The Balaban J connectivity index is 3.67. The molecule has 0 aromatic carbocycles. The largest absolute Gasteiger partial charge is 0.330 e. The summed E-state index contributed by atoms with van der Waals surface area (Å²) in [6.07, 6.45) is 35.3. The van der Waals surface area contributed by atoms with Gasteiger partial charge in [-0.3, -0.25) is 0 Å². The predicted octanol–water partition coefficient (Wildman–Crippen LogP) is 9.70. The molecule has 32 heavy (non-hydrogen) atoms. The van der Waals surface area contributed by atoms with Crippen molar-refractivity contribution >= 4 is 0 Å². The first-order chi connectivity index (χ1) is 15.8. The van der Waals surface area contributed by atoms with Crippen LogP contribution < -0.4 is 11.1 Å². The van der Waals surface area contributed by atoms with Gasteiger partial charge in [0.05, 0.1) is 0 Å². The Labute approximate surface area is 204 Å². The first-order valence-electron chi connectivity index (χ1n) is 15.3. The average Bonchev–Trinajstić information content (AvgIpc) is 2.80. The van der Waals surface area contributed by atoms with E-state index in [1.807, 2.05) is 0 Å². The minimum absolute atomic E-state index is 0.750. The highest BCUT2D eigenvalue weighted by atomic mass is 14.9. The number of hydrogen-bond donors (Lipinski definition) is 2. The highest BCUT2D eigenvalue weighted by Crippen LogP contribution is 2.15. The van der Waals surface area contributed by atoms with Crippen LogP contribution in [0.5, 0.6) is 0 Å². The van der Waals surface area contributed by atoms with E-state index in [9.17, 15) is 0 Å². The standard InChI is InChI=1S/C30H64N2/c1-3-5-7-9-11-13-15-17-19-22-26-30(27-23-21-24-28-31)32-29-25-20-18-16-14-12-10-8-6-4-2/h30,32H,3-29,31H2,1-2H3. The van der Waals surface area contributed by atoms with Crippen LogP contribution in [-0.2, 0) is 0 Å². The quantitative estimate of drug-likeness (QED) is 0.116. The van der Waals surface area contributed by atoms with Crippen molar-refractivity contribution in [3.05, 3.63) is 0 Å². The molecule has 3 N–H and O–H groups in total. The molecule has 2 heteroatoms. The van der Waals surface area contributed by atoms with Gasteiger partial charge in [0.2, 0.25) is 0 Å². The molecule has 0 amide bonds. The summed E-state index contributed by atoms with van der Waals surface area (Å²) in [5.74, 6) is 0. The summed E-state index contributed by atoms with van der Waals surface area (Å²) in [5, 5.41) is 3.92. The van der Waals surface area contributed by atoms with Gasteiger partial charge in [-0.15, -0.1) is 0 Å². The van der Waals surface area contributed by atoms with Crippen molar-refractivity contribution in [2.24, 2.45) is 5.73 Å². The normalized spacial score (nSPS) is 12.5. The van der Waals surface area contributed by atoms with Gasteiger partial charge >= 0.3 is 0 Å². The van der Waals surface area contributed by atoms with Crippen LogP contribution in [0.3, 0.4) is 0 Å². The summed E-state index contributed by atoms with van der Waals surface area (Å²) in [4.78, 5) is 0. The van der Waals surface area contributed by atoms with Gasteiger partial charge in [0.15, 0.2) is 0 Å². The van der Waals surface area contributed by atoms with Gasteiger partial charge in [0, 0.05) is 6.04 Å². The summed E-state index contributed by atoms with van der Waals surface area (Å²) in [7, 11) is 0. The highest BCUT2D eigenvalue weighted by Gasteiger charge is 2.07. The van der Waals surface area contributed by atoms with Crippen molar-refractivity contribution in [3.8, 4) is 0 Å². The van der Waals surface area contributed by atoms with E-state index in [0.717, 1.165) is 12.6 Å². The molecular formula is C30H64N2. The van der Waals surface area contributed by atoms with Gasteiger partial charge in [-0.1, -0.05) is 149 Å². The zero-order chi connectivity index (χ0) is 23.4. The van der Waals surface area contributed by atoms with Crippen LogP contribution in [0.1, 0.15) is 174 Å². The lowest BCUT2D eigenvalue weighted by atomic mass is 10.00. The van der Waals surface area contributed by atoms with Crippen LogP contribution in [0.15, 0.2) is 0 Å². The van der Waals surface area contributed by atoms with Gasteiger partial charge in [-0.05, 0) is 38.8 Å². The van der Waals surface area contributed by atoms with Crippen LogP contribution in [0.25, 0.3) is 0 Å². The molecule has 0 heterocycles. The Hall–Kier alpha value is -0.0800. The molecule has 0 aromatic rings. The van der Waals surface area contributed by atoms with Crippen molar-refractivity contribution in [3.63, 3.8) is 0 Å². The maximum atomic E-state index is 5.68. The van der Waals surface area contributed by atoms with E-state index in [-0.39, 0.29) is 0 Å². The van der Waals surface area contributed by atoms with Gasteiger partial charge in [0.1, 0.15) is 0 Å². The van der Waals surface area contributed by atoms with E-state index < -0.39 is 0 Å². The Bertz CT molecular complexity index is 318. The number of rotatable bonds is 28. The fourth-order valence-electron chi connectivity index (χ4n) is 4.86. The number of hydrogen-bond acceptors (Lipinski definition) is 2. The van der Waals surface area contributed by atoms with Gasteiger partial charge in [-0.25, -0.2) is 0 Å². The summed E-state index contributed by atoms with van der Waals surface area (Å²) in [6, 6.07) is 0.750. The van der Waals surface area contributed by atoms with Crippen molar-refractivity contribution < 1.29 is 0 Å². The zero-order valence-electron chi connectivity index (χ0n) is 22.7. The lowest BCUT2D eigenvalue weighted by Gasteiger charge is -2.19. The van der Waals surface area contributed by atoms with Crippen LogP contribution >= 0.6 is 0 Å². The number of unbranched alkanes of at least 4 members (excludes halogenated alkanes) is 20. The molecule has 1 unspecified atom stereocenters. The molecule has 0 aromatic heterocycles. The summed E-state index contributed by atoms with van der Waals surface area (Å²) >= 11 is 0. The van der Waals surface area contributed by atoms with E-state index in [1.54, 1.807) is 0 Å². The Morgan fingerprint density at radius 3 is 1.19 bits per heavy atom. The smallest absolute Gasteiger partial charge is 0.00670 e. The molecular weight excluding hydrogens is 388 g/mol. The molecule has 0 saturated carbocycles. The lowest BCUT2D eigenvalue weighted by molar-refractivity contribution is 0.407. The average molecular weight is 453 g/mol. The molecule has 0 aliphatic rings. The Kier molecular flexibility index (Phi) is 28.9. The van der Waals surface area contributed by atoms with E-state index in [4.69, 9.17) is 5.73 Å². The van der Waals surface area contributed by atoms with Crippen LogP contribution in [0, 0.1) is 0 Å². The summed E-state index contributed by atoms with van der Waals surface area (Å²) < 4.78 is 0. The topological polar surface area (TPSA) is 38.0 Å². The molecule has 0 aliphatic carbocycles. The highest BCUT2D eigenvalue weighted by molar-refractivity contribution is 4.68. The maximum absolute atomic E-state index is 5.68. The fraction of sp³-hybridized carbons (Fsp3) is 1.00. The minimum atomic E-state index is 0.750. The third-order valence-corrected chi connectivity index (χ3v) is 7.13. The summed E-state index contributed by atoms with van der Waals surface area (Å²) in [6.45, 7) is 6.69. The number of nitrogens with one attached hydrogen (secondary N) is 1. The molecule has 0 fully saturated rings. The second-order valence-corrected chi connectivity index (χ2v) is 10.4. The van der Waals surface area contributed by atoms with Gasteiger partial charge in [0.25, 0.3) is 0 Å². The van der Waals surface area contributed by atoms with E-state index in [2.05, 4.69) is 19.2 Å². The van der Waals surface area contributed by atoms with E-state index >= 15 is 0 Å². The molecule has 0 saturated heterocycles. The molecule has 0 aliphatic heterocycles. The van der Waals surface area contributed by atoms with E-state index in [0.29, 0.717) is 0 Å². The van der Waals surface area contributed by atoms with Crippen molar-refractivity contribution in [2.45, 2.75) is 180 Å². The van der Waals surface area contributed by atoms with Crippen LogP contribution in [0.2, 0.25) is 0 Å². The Morgan fingerprint density at radius 2 is 0.781 bits per heavy atom. The first kappa shape index (κ1) is 31.9. The summed E-state index contributed by atoms with van der Waals surface area (Å²) in [5.41, 5.74) is 5.68. The van der Waals surface area contributed by atoms with Crippen LogP contribution in [-0.4, -0.2) is 19.1 Å².